The third kappa shape index (κ3) is 3.54. The maximum absolute atomic E-state index is 13.0. The molecule has 6 nitrogen and oxygen atoms in total. The Morgan fingerprint density at radius 3 is 2.41 bits per heavy atom. The number of hydrogen-bond donors (Lipinski definition) is 0. The fourth-order valence-corrected chi connectivity index (χ4v) is 5.24. The van der Waals surface area contributed by atoms with Gasteiger partial charge in [0.2, 0.25) is 0 Å². The highest BCUT2D eigenvalue weighted by molar-refractivity contribution is 7.92. The summed E-state index contributed by atoms with van der Waals surface area (Å²) in [5.74, 6) is 0.0233. The Balaban J connectivity index is 1.56. The van der Waals surface area contributed by atoms with Gasteiger partial charge in [0.25, 0.3) is 5.91 Å². The summed E-state index contributed by atoms with van der Waals surface area (Å²) in [5, 5.41) is 4.23. The largest absolute Gasteiger partial charge is 0.360 e. The van der Waals surface area contributed by atoms with E-state index in [0.717, 1.165) is 0 Å². The van der Waals surface area contributed by atoms with Gasteiger partial charge < -0.3 is 9.42 Å². The first-order valence-electron chi connectivity index (χ1n) is 8.79. The Morgan fingerprint density at radius 2 is 1.76 bits per heavy atom. The number of benzene rings is 2. The van der Waals surface area contributed by atoms with Gasteiger partial charge in [-0.2, -0.15) is 0 Å². The Hall–Kier alpha value is -2.35. The molecular weight excluding hydrogens is 435 g/mol. The normalized spacial score (nSPS) is 14.7. The van der Waals surface area contributed by atoms with Gasteiger partial charge in [0.15, 0.2) is 9.84 Å². The zero-order valence-corrected chi connectivity index (χ0v) is 17.6. The lowest BCUT2D eigenvalue weighted by Crippen LogP contribution is -2.56. The molecule has 0 N–H and O–H groups in total. The molecule has 0 spiro atoms. The van der Waals surface area contributed by atoms with Crippen LogP contribution in [0.25, 0.3) is 11.3 Å². The van der Waals surface area contributed by atoms with Crippen molar-refractivity contribution in [2.24, 2.45) is 0 Å². The quantitative estimate of drug-likeness (QED) is 0.593. The van der Waals surface area contributed by atoms with Gasteiger partial charge in [0.05, 0.1) is 9.92 Å². The number of amides is 1. The van der Waals surface area contributed by atoms with E-state index >= 15 is 0 Å². The molecule has 2 aromatic carbocycles. The van der Waals surface area contributed by atoms with E-state index in [9.17, 15) is 13.2 Å². The number of carbonyl (C=O) groups is 1. The van der Waals surface area contributed by atoms with Crippen molar-refractivity contribution in [2.45, 2.75) is 17.1 Å². The Morgan fingerprint density at radius 1 is 1.10 bits per heavy atom. The number of rotatable bonds is 4. The van der Waals surface area contributed by atoms with Crippen molar-refractivity contribution in [1.29, 1.82) is 0 Å². The number of aromatic nitrogens is 1. The highest BCUT2D eigenvalue weighted by Crippen LogP contribution is 2.33. The number of likely N-dealkylation sites (tertiary alicyclic amines) is 1. The minimum atomic E-state index is -3.55. The smallest absolute Gasteiger partial charge is 0.259 e. The number of sulfone groups is 1. The molecule has 1 aromatic heterocycles. The first kappa shape index (κ1) is 19.9. The fraction of sp³-hybridized carbons (Fsp3) is 0.200. The van der Waals surface area contributed by atoms with Crippen LogP contribution >= 0.6 is 23.2 Å². The number of halogens is 2. The van der Waals surface area contributed by atoms with E-state index in [4.69, 9.17) is 27.7 Å². The van der Waals surface area contributed by atoms with Crippen LogP contribution in [0.1, 0.15) is 16.1 Å². The van der Waals surface area contributed by atoms with Crippen LogP contribution in [0, 0.1) is 6.92 Å². The van der Waals surface area contributed by atoms with Crippen molar-refractivity contribution in [3.05, 3.63) is 69.9 Å². The molecular formula is C20H16Cl2N2O4S. The van der Waals surface area contributed by atoms with Crippen LogP contribution in [-0.4, -0.2) is 42.7 Å². The van der Waals surface area contributed by atoms with E-state index in [0.29, 0.717) is 32.6 Å². The van der Waals surface area contributed by atoms with Crippen molar-refractivity contribution in [3.8, 4) is 11.3 Å². The van der Waals surface area contributed by atoms with Crippen LogP contribution < -0.4 is 0 Å². The topological polar surface area (TPSA) is 80.5 Å². The third-order valence-electron chi connectivity index (χ3n) is 4.92. The second kappa shape index (κ2) is 7.48. The van der Waals surface area contributed by atoms with Gasteiger partial charge in [0, 0.05) is 23.7 Å². The third-order valence-corrected chi connectivity index (χ3v) is 7.61. The number of aryl methyl sites for hydroxylation is 1. The molecule has 0 bridgehead atoms. The second-order valence-corrected chi connectivity index (χ2v) is 9.85. The molecule has 29 heavy (non-hydrogen) atoms. The Labute approximate surface area is 177 Å². The molecule has 0 radical (unpaired) electrons. The van der Waals surface area contributed by atoms with Crippen LogP contribution in [0.15, 0.2) is 57.9 Å². The molecule has 9 heteroatoms. The van der Waals surface area contributed by atoms with E-state index in [-0.39, 0.29) is 23.9 Å². The van der Waals surface area contributed by atoms with Gasteiger partial charge in [0.1, 0.15) is 22.3 Å². The standard InChI is InChI=1S/C20H16Cl2N2O4S/c1-12-18(19(23-28-12)16-4-2-3-5-17(16)22)20(25)24-10-15(11-24)29(26,27)14-8-6-13(21)7-9-14/h2-9,15H,10-11H2,1H3. The van der Waals surface area contributed by atoms with Crippen molar-refractivity contribution < 1.29 is 17.7 Å². The molecule has 0 saturated carbocycles. The predicted molar refractivity (Wildman–Crippen MR) is 110 cm³/mol. The lowest BCUT2D eigenvalue weighted by atomic mass is 10.0. The van der Waals surface area contributed by atoms with E-state index < -0.39 is 15.1 Å². The summed E-state index contributed by atoms with van der Waals surface area (Å²) in [4.78, 5) is 14.7. The van der Waals surface area contributed by atoms with Gasteiger partial charge >= 0.3 is 0 Å². The Kier molecular flexibility index (Phi) is 5.14. The average Bonchev–Trinajstić information content (AvgIpc) is 3.02. The molecule has 0 aliphatic carbocycles. The zero-order valence-electron chi connectivity index (χ0n) is 15.3. The maximum Gasteiger partial charge on any atom is 0.259 e. The molecule has 1 amide bonds. The summed E-state index contributed by atoms with van der Waals surface area (Å²) in [6.45, 7) is 1.83. The van der Waals surface area contributed by atoms with Gasteiger partial charge in [-0.05, 0) is 37.3 Å². The Bertz CT molecular complexity index is 1180. The molecule has 150 valence electrons. The summed E-state index contributed by atoms with van der Waals surface area (Å²) in [6.07, 6.45) is 0. The molecule has 0 unspecified atom stereocenters. The molecule has 1 aliphatic heterocycles. The van der Waals surface area contributed by atoms with Crippen LogP contribution in [0.3, 0.4) is 0 Å². The SMILES string of the molecule is Cc1onc(-c2ccccc2Cl)c1C(=O)N1CC(S(=O)(=O)c2ccc(Cl)cc2)C1. The van der Waals surface area contributed by atoms with Gasteiger partial charge in [-0.3, -0.25) is 4.79 Å². The molecule has 2 heterocycles. The lowest BCUT2D eigenvalue weighted by molar-refractivity contribution is 0.0657. The summed E-state index contributed by atoms with van der Waals surface area (Å²) in [6, 6.07) is 13.0. The summed E-state index contributed by atoms with van der Waals surface area (Å²) >= 11 is 12.1. The fourth-order valence-electron chi connectivity index (χ4n) is 3.24. The molecule has 3 aromatic rings. The minimum Gasteiger partial charge on any atom is -0.360 e. The van der Waals surface area contributed by atoms with E-state index in [1.54, 1.807) is 31.2 Å². The molecule has 0 atom stereocenters. The van der Waals surface area contributed by atoms with Gasteiger partial charge in [-0.15, -0.1) is 0 Å². The molecule has 1 fully saturated rings. The predicted octanol–water partition coefficient (Wildman–Crippen LogP) is 4.26. The minimum absolute atomic E-state index is 0.0936. The van der Waals surface area contributed by atoms with Crippen LogP contribution in [-0.2, 0) is 9.84 Å². The van der Waals surface area contributed by atoms with Crippen molar-refractivity contribution in [1.82, 2.24) is 10.1 Å². The average molecular weight is 451 g/mol. The molecule has 4 rings (SSSR count). The number of carbonyl (C=O) groups excluding carboxylic acids is 1. The van der Waals surface area contributed by atoms with Gasteiger partial charge in [-0.25, -0.2) is 8.42 Å². The summed E-state index contributed by atoms with van der Waals surface area (Å²) < 4.78 is 30.7. The molecule has 1 aliphatic rings. The van der Waals surface area contributed by atoms with Gasteiger partial charge in [-0.1, -0.05) is 46.6 Å². The van der Waals surface area contributed by atoms with Crippen LogP contribution in [0.2, 0.25) is 10.0 Å². The van der Waals surface area contributed by atoms with E-state index in [1.165, 1.54) is 29.2 Å². The highest BCUT2D eigenvalue weighted by atomic mass is 35.5. The maximum atomic E-state index is 13.0. The monoisotopic (exact) mass is 450 g/mol. The first-order chi connectivity index (χ1) is 13.8. The molecule has 1 saturated heterocycles. The van der Waals surface area contributed by atoms with Crippen LogP contribution in [0.4, 0.5) is 0 Å². The van der Waals surface area contributed by atoms with Crippen molar-refractivity contribution in [3.63, 3.8) is 0 Å². The first-order valence-corrected chi connectivity index (χ1v) is 11.1. The highest BCUT2D eigenvalue weighted by Gasteiger charge is 2.42. The summed E-state index contributed by atoms with van der Waals surface area (Å²) in [5.41, 5.74) is 1.22. The number of hydrogen-bond acceptors (Lipinski definition) is 5. The second-order valence-electron chi connectivity index (χ2n) is 6.77. The number of nitrogens with zero attached hydrogens (tertiary/aromatic N) is 2. The van der Waals surface area contributed by atoms with Crippen molar-refractivity contribution >= 4 is 38.9 Å². The lowest BCUT2D eigenvalue weighted by Gasteiger charge is -2.38. The van der Waals surface area contributed by atoms with E-state index in [1.807, 2.05) is 0 Å². The van der Waals surface area contributed by atoms with Crippen molar-refractivity contribution in [2.75, 3.05) is 13.1 Å². The van der Waals surface area contributed by atoms with Crippen LogP contribution in [0.5, 0.6) is 0 Å². The summed E-state index contributed by atoms with van der Waals surface area (Å²) in [7, 11) is -3.55. The zero-order chi connectivity index (χ0) is 20.8. The van der Waals surface area contributed by atoms with E-state index in [2.05, 4.69) is 5.16 Å².